The summed E-state index contributed by atoms with van der Waals surface area (Å²) in [7, 11) is 0. The molecule has 6 nitrogen and oxygen atoms in total. The first-order valence-corrected chi connectivity index (χ1v) is 11.6. The molecule has 0 spiro atoms. The topological polar surface area (TPSA) is 79.4 Å². The lowest BCUT2D eigenvalue weighted by atomic mass is 9.83. The number of benzene rings is 1. The Bertz CT molecular complexity index is 1430. The fraction of sp³-hybridized carbons (Fsp3) is 0.407. The fourth-order valence-corrected chi connectivity index (χ4v) is 5.33. The first-order chi connectivity index (χ1) is 16.0. The van der Waals surface area contributed by atoms with Crippen LogP contribution in [0.1, 0.15) is 61.9 Å². The predicted molar refractivity (Wildman–Crippen MR) is 130 cm³/mol. The quantitative estimate of drug-likeness (QED) is 0.472. The molecule has 0 radical (unpaired) electrons. The van der Waals surface area contributed by atoms with Crippen LogP contribution in [0.2, 0.25) is 0 Å². The van der Waals surface area contributed by atoms with Crippen LogP contribution in [-0.2, 0) is 34.8 Å². The second-order valence-corrected chi connectivity index (χ2v) is 10.2. The Balaban J connectivity index is 1.82. The Morgan fingerprint density at radius 2 is 2.03 bits per heavy atom. The van der Waals surface area contributed by atoms with Crippen LogP contribution in [0.3, 0.4) is 0 Å². The van der Waals surface area contributed by atoms with Gasteiger partial charge in [-0.25, -0.2) is 9.37 Å². The number of halogens is 1. The van der Waals surface area contributed by atoms with Crippen molar-refractivity contribution in [2.24, 2.45) is 5.73 Å². The molecular formula is C27H30FN3O3. The molecular weight excluding hydrogens is 433 g/mol. The van der Waals surface area contributed by atoms with Gasteiger partial charge < -0.3 is 19.8 Å². The van der Waals surface area contributed by atoms with Crippen molar-refractivity contribution >= 4 is 10.9 Å². The van der Waals surface area contributed by atoms with E-state index in [1.807, 2.05) is 33.8 Å². The van der Waals surface area contributed by atoms with Gasteiger partial charge in [0.2, 0.25) is 0 Å². The molecule has 2 N–H and O–H groups in total. The van der Waals surface area contributed by atoms with E-state index in [1.165, 1.54) is 6.07 Å². The molecule has 2 aliphatic heterocycles. The number of aromatic nitrogens is 2. The maximum atomic E-state index is 14.4. The third-order valence-electron chi connectivity index (χ3n) is 6.90. The van der Waals surface area contributed by atoms with E-state index in [2.05, 4.69) is 6.58 Å². The van der Waals surface area contributed by atoms with E-state index in [0.717, 1.165) is 22.1 Å². The fourth-order valence-electron chi connectivity index (χ4n) is 5.33. The van der Waals surface area contributed by atoms with Crippen molar-refractivity contribution in [2.45, 2.75) is 71.9 Å². The molecule has 0 unspecified atom stereocenters. The van der Waals surface area contributed by atoms with E-state index in [9.17, 15) is 9.18 Å². The largest absolute Gasteiger partial charge is 0.490 e. The highest BCUT2D eigenvalue weighted by atomic mass is 19.1. The number of fused-ring (bicyclic) bond motifs is 5. The number of ether oxygens (including phenoxy) is 2. The van der Waals surface area contributed by atoms with Crippen molar-refractivity contribution in [2.75, 3.05) is 0 Å². The van der Waals surface area contributed by atoms with Gasteiger partial charge in [0, 0.05) is 29.1 Å². The zero-order valence-electron chi connectivity index (χ0n) is 20.3. The van der Waals surface area contributed by atoms with Crippen LogP contribution in [0.5, 0.6) is 0 Å². The molecule has 1 atom stereocenters. The monoisotopic (exact) mass is 463 g/mol. The highest BCUT2D eigenvalue weighted by Crippen LogP contribution is 2.46. The predicted octanol–water partition coefficient (Wildman–Crippen LogP) is 4.80. The first kappa shape index (κ1) is 22.7. The molecule has 5 rings (SSSR count). The number of nitrogens with zero attached hydrogens (tertiary/aromatic N) is 2. The van der Waals surface area contributed by atoms with Crippen molar-refractivity contribution in [3.05, 3.63) is 74.5 Å². The second kappa shape index (κ2) is 7.48. The van der Waals surface area contributed by atoms with Gasteiger partial charge in [0.25, 0.3) is 5.56 Å². The van der Waals surface area contributed by atoms with E-state index >= 15 is 0 Å². The minimum atomic E-state index is -0.958. The molecule has 3 aromatic rings. The van der Waals surface area contributed by atoms with Crippen molar-refractivity contribution < 1.29 is 13.9 Å². The maximum absolute atomic E-state index is 14.4. The van der Waals surface area contributed by atoms with Gasteiger partial charge in [-0.15, -0.1) is 0 Å². The molecule has 0 saturated heterocycles. The van der Waals surface area contributed by atoms with E-state index in [-0.39, 0.29) is 24.5 Å². The highest BCUT2D eigenvalue weighted by Gasteiger charge is 2.46. The Labute approximate surface area is 198 Å². The van der Waals surface area contributed by atoms with Crippen molar-refractivity contribution in [1.29, 1.82) is 0 Å². The SMILES string of the molecule is C=C1OCc2c(cc3n(c2=O)Cc2c-3nc3cc(F)c(C)cc3c2CN)[C@]1(CC)OC(C)(C)C. The van der Waals surface area contributed by atoms with Gasteiger partial charge in [-0.1, -0.05) is 13.5 Å². The van der Waals surface area contributed by atoms with Crippen molar-refractivity contribution in [3.8, 4) is 11.4 Å². The molecule has 2 aromatic heterocycles. The number of aryl methyl sites for hydroxylation is 1. The normalized spacial score (nSPS) is 19.1. The number of pyridine rings is 2. The molecule has 178 valence electrons. The molecule has 0 aliphatic carbocycles. The van der Waals surface area contributed by atoms with E-state index in [1.54, 1.807) is 17.6 Å². The van der Waals surface area contributed by atoms with Gasteiger partial charge in [-0.05, 0) is 57.4 Å². The number of hydrogen-bond acceptors (Lipinski definition) is 5. The van der Waals surface area contributed by atoms with Gasteiger partial charge in [0.15, 0.2) is 5.60 Å². The lowest BCUT2D eigenvalue weighted by Gasteiger charge is -2.43. The highest BCUT2D eigenvalue weighted by molar-refractivity contribution is 5.88. The Morgan fingerprint density at radius 1 is 1.29 bits per heavy atom. The van der Waals surface area contributed by atoms with Crippen LogP contribution in [0.4, 0.5) is 4.39 Å². The molecule has 4 heterocycles. The summed E-state index contributed by atoms with van der Waals surface area (Å²) in [4.78, 5) is 18.5. The summed E-state index contributed by atoms with van der Waals surface area (Å²) in [5.74, 6) is 0.174. The lowest BCUT2D eigenvalue weighted by molar-refractivity contribution is -0.149. The zero-order valence-corrected chi connectivity index (χ0v) is 20.3. The molecule has 0 bridgehead atoms. The minimum absolute atomic E-state index is 0.136. The van der Waals surface area contributed by atoms with Gasteiger partial charge in [0.05, 0.1) is 34.6 Å². The van der Waals surface area contributed by atoms with Crippen molar-refractivity contribution in [1.82, 2.24) is 9.55 Å². The summed E-state index contributed by atoms with van der Waals surface area (Å²) in [6.45, 7) is 14.6. The van der Waals surface area contributed by atoms with Crippen LogP contribution in [0.15, 0.2) is 35.3 Å². The average Bonchev–Trinajstić information content (AvgIpc) is 3.13. The summed E-state index contributed by atoms with van der Waals surface area (Å²) in [5, 5.41) is 0.821. The molecule has 1 aromatic carbocycles. The van der Waals surface area contributed by atoms with Crippen LogP contribution in [-0.4, -0.2) is 15.2 Å². The number of hydrogen-bond donors (Lipinski definition) is 1. The van der Waals surface area contributed by atoms with E-state index in [0.29, 0.717) is 46.8 Å². The summed E-state index contributed by atoms with van der Waals surface area (Å²) < 4.78 is 28.6. The molecule has 0 amide bonds. The smallest absolute Gasteiger partial charge is 0.258 e. The summed E-state index contributed by atoms with van der Waals surface area (Å²) in [5.41, 5.74) is 10.1. The molecule has 7 heteroatoms. The standard InChI is InChI=1S/C27H30FN3O3/c1-7-27(34-26(4,5)6)15(3)33-13-19-20(27)9-23-24-18(12-31(23)25(19)32)17(11-29)16-8-14(2)21(28)10-22(16)30-24/h8-10H,3,7,11-13,29H2,1-2,4-6H3/t27-/m1/s1. The lowest BCUT2D eigenvalue weighted by Crippen LogP contribution is -2.44. The summed E-state index contributed by atoms with van der Waals surface area (Å²) in [6, 6.07) is 5.21. The summed E-state index contributed by atoms with van der Waals surface area (Å²) >= 11 is 0. The third kappa shape index (κ3) is 3.14. The second-order valence-electron chi connectivity index (χ2n) is 10.2. The Morgan fingerprint density at radius 3 is 2.68 bits per heavy atom. The van der Waals surface area contributed by atoms with E-state index in [4.69, 9.17) is 20.2 Å². The van der Waals surface area contributed by atoms with Gasteiger partial charge >= 0.3 is 0 Å². The zero-order chi connectivity index (χ0) is 24.6. The van der Waals surface area contributed by atoms with Crippen molar-refractivity contribution in [3.63, 3.8) is 0 Å². The van der Waals surface area contributed by atoms with Crippen LogP contribution in [0.25, 0.3) is 22.3 Å². The van der Waals surface area contributed by atoms with E-state index < -0.39 is 11.2 Å². The number of rotatable bonds is 3. The van der Waals surface area contributed by atoms with Gasteiger partial charge in [0.1, 0.15) is 18.2 Å². The van der Waals surface area contributed by atoms with Gasteiger partial charge in [-0.3, -0.25) is 4.79 Å². The van der Waals surface area contributed by atoms with Crippen LogP contribution >= 0.6 is 0 Å². The molecule has 0 fully saturated rings. The Hall–Kier alpha value is -3.03. The third-order valence-corrected chi connectivity index (χ3v) is 6.90. The Kier molecular flexibility index (Phi) is 5.01. The minimum Gasteiger partial charge on any atom is -0.490 e. The van der Waals surface area contributed by atoms with Gasteiger partial charge in [-0.2, -0.15) is 0 Å². The summed E-state index contributed by atoms with van der Waals surface area (Å²) in [6.07, 6.45) is 0.551. The number of nitrogens with two attached hydrogens (primary N) is 1. The first-order valence-electron chi connectivity index (χ1n) is 11.6. The van der Waals surface area contributed by atoms with Crippen LogP contribution in [0, 0.1) is 12.7 Å². The maximum Gasteiger partial charge on any atom is 0.258 e. The van der Waals surface area contributed by atoms with Crippen LogP contribution < -0.4 is 11.3 Å². The molecule has 34 heavy (non-hydrogen) atoms. The molecule has 2 aliphatic rings. The molecule has 0 saturated carbocycles. The average molecular weight is 464 g/mol.